The third-order valence-electron chi connectivity index (χ3n) is 5.71. The summed E-state index contributed by atoms with van der Waals surface area (Å²) in [5.41, 5.74) is 4.94. The van der Waals surface area contributed by atoms with Crippen molar-refractivity contribution in [1.82, 2.24) is 19.7 Å². The summed E-state index contributed by atoms with van der Waals surface area (Å²) in [7, 11) is 1.78. The fourth-order valence-electron chi connectivity index (χ4n) is 4.15. The number of benzene rings is 2. The van der Waals surface area contributed by atoms with Crippen molar-refractivity contribution in [2.24, 2.45) is 0 Å². The highest BCUT2D eigenvalue weighted by Gasteiger charge is 2.20. The first-order chi connectivity index (χ1) is 15.5. The van der Waals surface area contributed by atoms with Crippen LogP contribution in [0.2, 0.25) is 0 Å². The number of aromatic nitrogens is 3. The summed E-state index contributed by atoms with van der Waals surface area (Å²) in [5.74, 6) is 0.719. The summed E-state index contributed by atoms with van der Waals surface area (Å²) < 4.78 is 36.4. The molecule has 0 spiro atoms. The summed E-state index contributed by atoms with van der Waals surface area (Å²) in [6.07, 6.45) is 4.21. The van der Waals surface area contributed by atoms with Gasteiger partial charge in [-0.15, -0.1) is 0 Å². The zero-order valence-electron chi connectivity index (χ0n) is 17.9. The maximum Gasteiger partial charge on any atom is 0.208 e. The van der Waals surface area contributed by atoms with Crippen LogP contribution < -0.4 is 15.4 Å². The van der Waals surface area contributed by atoms with Gasteiger partial charge in [-0.1, -0.05) is 12.1 Å². The Balaban J connectivity index is 1.50. The van der Waals surface area contributed by atoms with Gasteiger partial charge in [0.15, 0.2) is 0 Å². The molecule has 0 bridgehead atoms. The average molecular weight is 435 g/mol. The standard InChI is InChI=1S/C24H23F2N5O/c1-14-13-31-23(30-14)18(15-3-4-16(10-27-2)21(26)9-15)11-28-24(31)29-12-19-17-7-8-32-22(17)6-5-20(19)25/h3-6,9,11,13,27H,7-8,10,12H2,1-2H3,(H,28,29). The molecule has 164 valence electrons. The van der Waals surface area contributed by atoms with Crippen molar-refractivity contribution < 1.29 is 13.5 Å². The fraction of sp³-hybridized carbons (Fsp3) is 0.250. The number of rotatable bonds is 6. The van der Waals surface area contributed by atoms with Crippen LogP contribution in [0.3, 0.4) is 0 Å². The molecule has 8 heteroatoms. The van der Waals surface area contributed by atoms with Crippen LogP contribution in [0.5, 0.6) is 5.75 Å². The molecule has 4 aromatic rings. The van der Waals surface area contributed by atoms with Crippen LogP contribution in [0.1, 0.15) is 22.4 Å². The first-order valence-corrected chi connectivity index (χ1v) is 10.5. The van der Waals surface area contributed by atoms with Crippen LogP contribution >= 0.6 is 0 Å². The predicted octanol–water partition coefficient (Wildman–Crippen LogP) is 4.25. The van der Waals surface area contributed by atoms with E-state index in [4.69, 9.17) is 4.74 Å². The Kier molecular flexibility index (Phi) is 5.22. The number of anilines is 1. The molecule has 0 atom stereocenters. The van der Waals surface area contributed by atoms with Crippen molar-refractivity contribution in [2.45, 2.75) is 26.4 Å². The second kappa shape index (κ2) is 8.20. The molecule has 32 heavy (non-hydrogen) atoms. The highest BCUT2D eigenvalue weighted by atomic mass is 19.1. The highest BCUT2D eigenvalue weighted by Crippen LogP contribution is 2.31. The first kappa shape index (κ1) is 20.4. The van der Waals surface area contributed by atoms with E-state index < -0.39 is 0 Å². The Morgan fingerprint density at radius 3 is 2.81 bits per heavy atom. The van der Waals surface area contributed by atoms with Crippen LogP contribution in [0.25, 0.3) is 16.8 Å². The molecule has 0 aliphatic carbocycles. The summed E-state index contributed by atoms with van der Waals surface area (Å²) >= 11 is 0. The molecule has 0 amide bonds. The average Bonchev–Trinajstić information content (AvgIpc) is 3.41. The van der Waals surface area contributed by atoms with Crippen LogP contribution in [0.4, 0.5) is 14.7 Å². The smallest absolute Gasteiger partial charge is 0.208 e. The van der Waals surface area contributed by atoms with E-state index in [0.717, 1.165) is 22.6 Å². The molecule has 3 heterocycles. The fourth-order valence-corrected chi connectivity index (χ4v) is 4.15. The Hall–Kier alpha value is -3.52. The van der Waals surface area contributed by atoms with Crippen molar-refractivity contribution in [1.29, 1.82) is 0 Å². The van der Waals surface area contributed by atoms with Crippen molar-refractivity contribution in [3.8, 4) is 16.9 Å². The van der Waals surface area contributed by atoms with Gasteiger partial charge in [0.1, 0.15) is 23.0 Å². The van der Waals surface area contributed by atoms with Gasteiger partial charge in [-0.25, -0.2) is 18.7 Å². The van der Waals surface area contributed by atoms with Crippen LogP contribution in [-0.4, -0.2) is 28.0 Å². The van der Waals surface area contributed by atoms with Crippen molar-refractivity contribution in [3.05, 3.63) is 76.7 Å². The van der Waals surface area contributed by atoms with E-state index in [0.29, 0.717) is 47.9 Å². The normalized spacial score (nSPS) is 12.8. The van der Waals surface area contributed by atoms with Gasteiger partial charge >= 0.3 is 0 Å². The molecule has 0 radical (unpaired) electrons. The van der Waals surface area contributed by atoms with Gasteiger partial charge in [0.05, 0.1) is 12.3 Å². The van der Waals surface area contributed by atoms with Crippen LogP contribution in [-0.2, 0) is 19.5 Å². The van der Waals surface area contributed by atoms with Gasteiger partial charge in [0.25, 0.3) is 0 Å². The maximum atomic E-state index is 14.5. The zero-order valence-corrected chi connectivity index (χ0v) is 17.9. The maximum absolute atomic E-state index is 14.5. The van der Waals surface area contributed by atoms with Gasteiger partial charge in [-0.3, -0.25) is 4.40 Å². The molecule has 0 unspecified atom stereocenters. The Labute approximate surface area is 184 Å². The number of nitrogens with one attached hydrogen (secondary N) is 2. The monoisotopic (exact) mass is 435 g/mol. The minimum atomic E-state index is -0.281. The van der Waals surface area contributed by atoms with E-state index in [1.54, 1.807) is 25.4 Å². The van der Waals surface area contributed by atoms with E-state index in [1.165, 1.54) is 12.1 Å². The number of halogens is 2. The lowest BCUT2D eigenvalue weighted by atomic mass is 10.0. The Bertz CT molecular complexity index is 1320. The summed E-state index contributed by atoms with van der Waals surface area (Å²) in [6, 6.07) is 8.24. The lowest BCUT2D eigenvalue weighted by Crippen LogP contribution is -2.10. The number of hydrogen-bond donors (Lipinski definition) is 2. The number of fused-ring (bicyclic) bond motifs is 2. The molecule has 2 aromatic heterocycles. The first-order valence-electron chi connectivity index (χ1n) is 10.5. The molecule has 0 saturated carbocycles. The Morgan fingerprint density at radius 2 is 2.00 bits per heavy atom. The van der Waals surface area contributed by atoms with Crippen molar-refractivity contribution in [2.75, 3.05) is 19.0 Å². The van der Waals surface area contributed by atoms with E-state index >= 15 is 0 Å². The SMILES string of the molecule is CNCc1ccc(-c2cnc(NCc3c(F)ccc4c3CCO4)n3cc(C)nc23)cc1F. The van der Waals surface area contributed by atoms with Gasteiger partial charge in [-0.2, -0.15) is 0 Å². The number of aryl methyl sites for hydroxylation is 1. The molecule has 6 nitrogen and oxygen atoms in total. The minimum Gasteiger partial charge on any atom is -0.493 e. The van der Waals surface area contributed by atoms with Gasteiger partial charge in [-0.05, 0) is 37.7 Å². The second-order valence-corrected chi connectivity index (χ2v) is 7.86. The quantitative estimate of drug-likeness (QED) is 0.474. The third kappa shape index (κ3) is 3.56. The molecule has 0 fully saturated rings. The topological polar surface area (TPSA) is 63.5 Å². The largest absolute Gasteiger partial charge is 0.493 e. The summed E-state index contributed by atoms with van der Waals surface area (Å²) in [4.78, 5) is 9.17. The van der Waals surface area contributed by atoms with Gasteiger partial charge < -0.3 is 15.4 Å². The van der Waals surface area contributed by atoms with Crippen LogP contribution in [0, 0.1) is 18.6 Å². The van der Waals surface area contributed by atoms with E-state index in [2.05, 4.69) is 20.6 Å². The third-order valence-corrected chi connectivity index (χ3v) is 5.71. The molecule has 2 N–H and O–H groups in total. The molecule has 1 aliphatic rings. The van der Waals surface area contributed by atoms with E-state index in [1.807, 2.05) is 23.6 Å². The molecule has 1 aliphatic heterocycles. The number of ether oxygens (including phenoxy) is 1. The van der Waals surface area contributed by atoms with Gasteiger partial charge in [0, 0.05) is 54.2 Å². The number of imidazole rings is 1. The zero-order chi connectivity index (χ0) is 22.2. The second-order valence-electron chi connectivity index (χ2n) is 7.86. The molecule has 5 rings (SSSR count). The lowest BCUT2D eigenvalue weighted by Gasteiger charge is -2.13. The van der Waals surface area contributed by atoms with E-state index in [9.17, 15) is 8.78 Å². The van der Waals surface area contributed by atoms with E-state index in [-0.39, 0.29) is 18.2 Å². The molecular formula is C24H23F2N5O. The summed E-state index contributed by atoms with van der Waals surface area (Å²) in [6.45, 7) is 3.17. The predicted molar refractivity (Wildman–Crippen MR) is 119 cm³/mol. The number of nitrogens with zero attached hydrogens (tertiary/aromatic N) is 3. The molecular weight excluding hydrogens is 412 g/mol. The highest BCUT2D eigenvalue weighted by molar-refractivity contribution is 5.78. The van der Waals surface area contributed by atoms with Gasteiger partial charge in [0.2, 0.25) is 5.95 Å². The van der Waals surface area contributed by atoms with Crippen molar-refractivity contribution in [3.63, 3.8) is 0 Å². The van der Waals surface area contributed by atoms with Crippen LogP contribution in [0.15, 0.2) is 42.7 Å². The Morgan fingerprint density at radius 1 is 1.12 bits per heavy atom. The molecule has 0 saturated heterocycles. The summed E-state index contributed by atoms with van der Waals surface area (Å²) in [5, 5.41) is 6.20. The lowest BCUT2D eigenvalue weighted by molar-refractivity contribution is 0.356. The molecule has 2 aromatic carbocycles. The minimum absolute atomic E-state index is 0.268. The van der Waals surface area contributed by atoms with Crippen molar-refractivity contribution >= 4 is 11.6 Å². The number of hydrogen-bond acceptors (Lipinski definition) is 5.